The summed E-state index contributed by atoms with van der Waals surface area (Å²) in [6, 6.07) is 10.2. The Morgan fingerprint density at radius 3 is 2.80 bits per heavy atom. The molecule has 0 radical (unpaired) electrons. The van der Waals surface area contributed by atoms with Crippen molar-refractivity contribution in [2.45, 2.75) is 26.8 Å². The molecule has 1 N–H and O–H groups in total. The average Bonchev–Trinajstić information content (AvgIpc) is 2.43. The third-order valence-corrected chi connectivity index (χ3v) is 3.61. The summed E-state index contributed by atoms with van der Waals surface area (Å²) in [5, 5.41) is 3.38. The van der Waals surface area contributed by atoms with Gasteiger partial charge in [0, 0.05) is 22.8 Å². The van der Waals surface area contributed by atoms with Gasteiger partial charge in [0.25, 0.3) is 0 Å². The third kappa shape index (κ3) is 3.81. The molecule has 3 nitrogen and oxygen atoms in total. The largest absolute Gasteiger partial charge is 0.439 e. The molecule has 0 aliphatic carbocycles. The lowest BCUT2D eigenvalue weighted by Gasteiger charge is -2.14. The van der Waals surface area contributed by atoms with Gasteiger partial charge in [-0.1, -0.05) is 22.9 Å². The number of pyridine rings is 1. The quantitative estimate of drug-likeness (QED) is 0.866. The highest BCUT2D eigenvalue weighted by molar-refractivity contribution is 9.10. The van der Waals surface area contributed by atoms with Gasteiger partial charge in [-0.3, -0.25) is 0 Å². The van der Waals surface area contributed by atoms with E-state index in [1.165, 1.54) is 5.56 Å². The summed E-state index contributed by atoms with van der Waals surface area (Å²) in [5.41, 5.74) is 2.25. The van der Waals surface area contributed by atoms with E-state index in [1.54, 1.807) is 6.20 Å². The lowest BCUT2D eigenvalue weighted by atomic mass is 10.1. The second kappa shape index (κ2) is 6.86. The minimum atomic E-state index is 0.288. The average molecular weight is 335 g/mol. The van der Waals surface area contributed by atoms with Gasteiger partial charge in [-0.25, -0.2) is 4.98 Å². The van der Waals surface area contributed by atoms with E-state index in [0.717, 1.165) is 22.3 Å². The molecule has 1 unspecified atom stereocenters. The zero-order chi connectivity index (χ0) is 14.5. The minimum absolute atomic E-state index is 0.288. The van der Waals surface area contributed by atoms with Gasteiger partial charge in [0.15, 0.2) is 0 Å². The van der Waals surface area contributed by atoms with Gasteiger partial charge in [-0.2, -0.15) is 0 Å². The number of ether oxygens (including phenoxy) is 1. The van der Waals surface area contributed by atoms with Crippen LogP contribution >= 0.6 is 15.9 Å². The molecule has 1 aromatic heterocycles. The molecule has 0 aliphatic rings. The van der Waals surface area contributed by atoms with Gasteiger partial charge < -0.3 is 10.1 Å². The number of benzene rings is 1. The standard InChI is InChI=1S/C16H19BrN2O/c1-4-18-12(3)13-7-8-19-16(10-13)20-15-6-5-14(17)9-11(15)2/h5-10,12,18H,4H2,1-3H3. The highest BCUT2D eigenvalue weighted by Gasteiger charge is 2.07. The summed E-state index contributed by atoms with van der Waals surface area (Å²) in [6.07, 6.45) is 1.78. The molecular formula is C16H19BrN2O. The van der Waals surface area contributed by atoms with Crippen LogP contribution in [-0.2, 0) is 0 Å². The zero-order valence-corrected chi connectivity index (χ0v) is 13.6. The Hall–Kier alpha value is -1.39. The maximum atomic E-state index is 5.87. The van der Waals surface area contributed by atoms with Crippen molar-refractivity contribution in [1.82, 2.24) is 10.3 Å². The second-order valence-electron chi connectivity index (χ2n) is 4.72. The van der Waals surface area contributed by atoms with Gasteiger partial charge in [0.05, 0.1) is 0 Å². The molecule has 0 fully saturated rings. The van der Waals surface area contributed by atoms with Crippen LogP contribution in [0.25, 0.3) is 0 Å². The van der Waals surface area contributed by atoms with Crippen LogP contribution in [0.2, 0.25) is 0 Å². The van der Waals surface area contributed by atoms with E-state index >= 15 is 0 Å². The van der Waals surface area contributed by atoms with Crippen LogP contribution < -0.4 is 10.1 Å². The molecule has 1 aromatic carbocycles. The molecule has 1 atom stereocenters. The van der Waals surface area contributed by atoms with Crippen LogP contribution in [0.4, 0.5) is 0 Å². The monoisotopic (exact) mass is 334 g/mol. The van der Waals surface area contributed by atoms with Crippen LogP contribution in [0.3, 0.4) is 0 Å². The molecular weight excluding hydrogens is 316 g/mol. The molecule has 0 saturated carbocycles. The Bertz CT molecular complexity index is 586. The predicted octanol–water partition coefficient (Wildman–Crippen LogP) is 4.62. The number of rotatable bonds is 5. The first-order valence-electron chi connectivity index (χ1n) is 6.73. The minimum Gasteiger partial charge on any atom is -0.439 e. The van der Waals surface area contributed by atoms with Crippen molar-refractivity contribution in [2.24, 2.45) is 0 Å². The van der Waals surface area contributed by atoms with Gasteiger partial charge in [-0.15, -0.1) is 0 Å². The first-order valence-corrected chi connectivity index (χ1v) is 7.52. The van der Waals surface area contributed by atoms with Crippen LogP contribution in [-0.4, -0.2) is 11.5 Å². The zero-order valence-electron chi connectivity index (χ0n) is 12.0. The first-order chi connectivity index (χ1) is 9.60. The summed E-state index contributed by atoms with van der Waals surface area (Å²) in [5.74, 6) is 1.45. The molecule has 2 aromatic rings. The van der Waals surface area contributed by atoms with Gasteiger partial charge in [0.2, 0.25) is 5.88 Å². The Balaban J connectivity index is 2.19. The molecule has 0 bridgehead atoms. The molecule has 2 rings (SSSR count). The maximum absolute atomic E-state index is 5.87. The van der Waals surface area contributed by atoms with Gasteiger partial charge >= 0.3 is 0 Å². The van der Waals surface area contributed by atoms with E-state index in [4.69, 9.17) is 4.74 Å². The van der Waals surface area contributed by atoms with E-state index in [9.17, 15) is 0 Å². The normalized spacial score (nSPS) is 12.2. The Morgan fingerprint density at radius 2 is 2.10 bits per heavy atom. The van der Waals surface area contributed by atoms with Gasteiger partial charge in [0.1, 0.15) is 5.75 Å². The van der Waals surface area contributed by atoms with Gasteiger partial charge in [-0.05, 0) is 55.8 Å². The molecule has 1 heterocycles. The van der Waals surface area contributed by atoms with E-state index in [-0.39, 0.29) is 6.04 Å². The summed E-state index contributed by atoms with van der Waals surface area (Å²) in [6.45, 7) is 7.19. The number of aryl methyl sites for hydroxylation is 1. The van der Waals surface area contributed by atoms with Crippen molar-refractivity contribution >= 4 is 15.9 Å². The molecule has 0 amide bonds. The summed E-state index contributed by atoms with van der Waals surface area (Å²) < 4.78 is 6.92. The highest BCUT2D eigenvalue weighted by Crippen LogP contribution is 2.27. The van der Waals surface area contributed by atoms with Crippen molar-refractivity contribution in [3.05, 3.63) is 52.1 Å². The molecule has 20 heavy (non-hydrogen) atoms. The van der Waals surface area contributed by atoms with Crippen molar-refractivity contribution < 1.29 is 4.74 Å². The van der Waals surface area contributed by atoms with Crippen LogP contribution in [0.5, 0.6) is 11.6 Å². The second-order valence-corrected chi connectivity index (χ2v) is 5.63. The smallest absolute Gasteiger partial charge is 0.219 e. The first kappa shape index (κ1) is 15.0. The fraction of sp³-hybridized carbons (Fsp3) is 0.312. The van der Waals surface area contributed by atoms with Crippen molar-refractivity contribution in [3.63, 3.8) is 0 Å². The summed E-state index contributed by atoms with van der Waals surface area (Å²) in [7, 11) is 0. The number of hydrogen-bond acceptors (Lipinski definition) is 3. The van der Waals surface area contributed by atoms with E-state index in [2.05, 4.69) is 40.1 Å². The highest BCUT2D eigenvalue weighted by atomic mass is 79.9. The van der Waals surface area contributed by atoms with E-state index in [1.807, 2.05) is 37.3 Å². The molecule has 0 aliphatic heterocycles. The Morgan fingerprint density at radius 1 is 1.30 bits per heavy atom. The fourth-order valence-electron chi connectivity index (χ4n) is 2.01. The molecule has 4 heteroatoms. The van der Waals surface area contributed by atoms with Crippen molar-refractivity contribution in [2.75, 3.05) is 6.54 Å². The number of hydrogen-bond donors (Lipinski definition) is 1. The molecule has 0 saturated heterocycles. The molecule has 106 valence electrons. The fourth-order valence-corrected chi connectivity index (χ4v) is 2.49. The lowest BCUT2D eigenvalue weighted by molar-refractivity contribution is 0.457. The van der Waals surface area contributed by atoms with Crippen molar-refractivity contribution in [3.8, 4) is 11.6 Å². The van der Waals surface area contributed by atoms with E-state index in [0.29, 0.717) is 5.88 Å². The third-order valence-electron chi connectivity index (χ3n) is 3.12. The molecule has 0 spiro atoms. The van der Waals surface area contributed by atoms with Crippen LogP contribution in [0.1, 0.15) is 31.0 Å². The summed E-state index contributed by atoms with van der Waals surface area (Å²) >= 11 is 3.45. The Labute approximate surface area is 128 Å². The van der Waals surface area contributed by atoms with E-state index < -0.39 is 0 Å². The van der Waals surface area contributed by atoms with Crippen LogP contribution in [0.15, 0.2) is 41.0 Å². The number of nitrogens with zero attached hydrogens (tertiary/aromatic N) is 1. The topological polar surface area (TPSA) is 34.2 Å². The summed E-state index contributed by atoms with van der Waals surface area (Å²) in [4.78, 5) is 4.28. The Kier molecular flexibility index (Phi) is 5.15. The number of aromatic nitrogens is 1. The predicted molar refractivity (Wildman–Crippen MR) is 85.3 cm³/mol. The van der Waals surface area contributed by atoms with Crippen molar-refractivity contribution in [1.29, 1.82) is 0 Å². The van der Waals surface area contributed by atoms with Crippen LogP contribution in [0, 0.1) is 6.92 Å². The lowest BCUT2D eigenvalue weighted by Crippen LogP contribution is -2.17. The SMILES string of the molecule is CCNC(C)c1ccnc(Oc2ccc(Br)cc2C)c1. The number of nitrogens with one attached hydrogen (secondary N) is 1. The number of halogens is 1. The maximum Gasteiger partial charge on any atom is 0.219 e.